The van der Waals surface area contributed by atoms with Crippen molar-refractivity contribution >= 4 is 23.2 Å². The van der Waals surface area contributed by atoms with E-state index in [1.165, 1.54) is 10.4 Å². The van der Waals surface area contributed by atoms with Crippen LogP contribution in [0, 0.1) is 6.92 Å². The Morgan fingerprint density at radius 1 is 1.17 bits per heavy atom. The summed E-state index contributed by atoms with van der Waals surface area (Å²) >= 11 is 1.69. The minimum atomic E-state index is 0.0101. The molecule has 128 valence electrons. The quantitative estimate of drug-likeness (QED) is 0.625. The summed E-state index contributed by atoms with van der Waals surface area (Å²) in [5.74, 6) is 0.648. The first-order valence-electron chi connectivity index (χ1n) is 7.85. The number of aryl methyl sites for hydroxylation is 1. The standard InChI is InChI=1S/C18H24N4OS/c1-14-6-8-15(9-7-14)11-19-18(21-13-17(23)22(2)3)20-12-16-5-4-10-24-16/h4-10H,11-13H2,1-3H3,(H2,19,20,21). The fourth-order valence-electron chi connectivity index (χ4n) is 1.94. The largest absolute Gasteiger partial charge is 0.351 e. The molecule has 1 heterocycles. The molecule has 6 heteroatoms. The second-order valence-electron chi connectivity index (χ2n) is 5.73. The molecule has 5 nitrogen and oxygen atoms in total. The number of rotatable bonds is 6. The predicted octanol–water partition coefficient (Wildman–Crippen LogP) is 2.38. The number of aliphatic imine (C=N–C) groups is 1. The molecule has 0 fully saturated rings. The van der Waals surface area contributed by atoms with Crippen LogP contribution in [0.3, 0.4) is 0 Å². The van der Waals surface area contributed by atoms with Crippen molar-refractivity contribution in [3.63, 3.8) is 0 Å². The number of hydrogen-bond acceptors (Lipinski definition) is 3. The van der Waals surface area contributed by atoms with Crippen molar-refractivity contribution in [3.05, 3.63) is 57.8 Å². The number of hydrogen-bond donors (Lipinski definition) is 2. The molecule has 2 N–H and O–H groups in total. The molecule has 0 bridgehead atoms. The van der Waals surface area contributed by atoms with Gasteiger partial charge in [-0.2, -0.15) is 0 Å². The van der Waals surface area contributed by atoms with Crippen LogP contribution in [0.5, 0.6) is 0 Å². The summed E-state index contributed by atoms with van der Waals surface area (Å²) in [5.41, 5.74) is 2.37. The second kappa shape index (κ2) is 9.08. The van der Waals surface area contributed by atoms with Gasteiger partial charge in [-0.3, -0.25) is 4.79 Å². The monoisotopic (exact) mass is 344 g/mol. The van der Waals surface area contributed by atoms with E-state index >= 15 is 0 Å². The number of benzene rings is 1. The number of guanidine groups is 1. The Morgan fingerprint density at radius 3 is 2.54 bits per heavy atom. The van der Waals surface area contributed by atoms with Crippen LogP contribution in [0.4, 0.5) is 0 Å². The maximum Gasteiger partial charge on any atom is 0.241 e. The van der Waals surface area contributed by atoms with Gasteiger partial charge in [0.15, 0.2) is 5.96 Å². The lowest BCUT2D eigenvalue weighted by molar-refractivity contribution is -0.127. The van der Waals surface area contributed by atoms with E-state index in [-0.39, 0.29) is 12.5 Å². The SMILES string of the molecule is Cc1ccc(CN=C(NCC(=O)N(C)C)NCc2cccs2)cc1. The van der Waals surface area contributed by atoms with Gasteiger partial charge in [0.1, 0.15) is 0 Å². The van der Waals surface area contributed by atoms with Crippen LogP contribution in [0.2, 0.25) is 0 Å². The van der Waals surface area contributed by atoms with Crippen LogP contribution in [0.15, 0.2) is 46.8 Å². The maximum absolute atomic E-state index is 11.8. The molecule has 0 saturated heterocycles. The van der Waals surface area contributed by atoms with Crippen molar-refractivity contribution in [1.29, 1.82) is 0 Å². The van der Waals surface area contributed by atoms with Crippen molar-refractivity contribution in [2.24, 2.45) is 4.99 Å². The fourth-order valence-corrected chi connectivity index (χ4v) is 2.58. The first-order chi connectivity index (χ1) is 11.5. The zero-order chi connectivity index (χ0) is 17.4. The molecule has 1 amide bonds. The number of carbonyl (C=O) groups excluding carboxylic acids is 1. The molecule has 0 radical (unpaired) electrons. The van der Waals surface area contributed by atoms with Gasteiger partial charge in [-0.1, -0.05) is 35.9 Å². The van der Waals surface area contributed by atoms with Crippen molar-refractivity contribution in [2.45, 2.75) is 20.0 Å². The first kappa shape index (κ1) is 18.0. The molecule has 0 saturated carbocycles. The third-order valence-electron chi connectivity index (χ3n) is 3.46. The zero-order valence-corrected chi connectivity index (χ0v) is 15.2. The molecule has 2 aromatic rings. The molecular formula is C18H24N4OS. The lowest BCUT2D eigenvalue weighted by Gasteiger charge is -2.14. The van der Waals surface area contributed by atoms with Crippen molar-refractivity contribution in [1.82, 2.24) is 15.5 Å². The number of thiophene rings is 1. The summed E-state index contributed by atoms with van der Waals surface area (Å²) in [6, 6.07) is 12.4. The van der Waals surface area contributed by atoms with E-state index in [1.54, 1.807) is 30.3 Å². The average molecular weight is 344 g/mol. The van der Waals surface area contributed by atoms with Gasteiger partial charge >= 0.3 is 0 Å². The summed E-state index contributed by atoms with van der Waals surface area (Å²) in [6.45, 7) is 3.54. The highest BCUT2D eigenvalue weighted by molar-refractivity contribution is 7.09. The van der Waals surface area contributed by atoms with Crippen LogP contribution in [0.1, 0.15) is 16.0 Å². The van der Waals surface area contributed by atoms with Gasteiger partial charge in [0, 0.05) is 19.0 Å². The highest BCUT2D eigenvalue weighted by Gasteiger charge is 2.06. The Hall–Kier alpha value is -2.34. The third kappa shape index (κ3) is 6.04. The van der Waals surface area contributed by atoms with Crippen LogP contribution >= 0.6 is 11.3 Å². The number of carbonyl (C=O) groups is 1. The van der Waals surface area contributed by atoms with Crippen LogP contribution < -0.4 is 10.6 Å². The molecule has 0 aliphatic heterocycles. The first-order valence-corrected chi connectivity index (χ1v) is 8.73. The van der Waals surface area contributed by atoms with Crippen LogP contribution in [-0.2, 0) is 17.9 Å². The Morgan fingerprint density at radius 2 is 1.92 bits per heavy atom. The van der Waals surface area contributed by atoms with Gasteiger partial charge < -0.3 is 15.5 Å². The summed E-state index contributed by atoms with van der Waals surface area (Å²) in [7, 11) is 3.48. The van der Waals surface area contributed by atoms with E-state index in [1.807, 2.05) is 11.4 Å². The Labute approximate surface area is 147 Å². The Balaban J connectivity index is 1.98. The van der Waals surface area contributed by atoms with Gasteiger partial charge in [-0.15, -0.1) is 11.3 Å². The molecule has 0 unspecified atom stereocenters. The smallest absolute Gasteiger partial charge is 0.241 e. The van der Waals surface area contributed by atoms with E-state index in [0.717, 1.165) is 5.56 Å². The minimum Gasteiger partial charge on any atom is -0.351 e. The van der Waals surface area contributed by atoms with E-state index in [0.29, 0.717) is 19.0 Å². The molecule has 0 aliphatic rings. The van der Waals surface area contributed by atoms with E-state index in [4.69, 9.17) is 0 Å². The number of amides is 1. The van der Waals surface area contributed by atoms with Gasteiger partial charge in [0.2, 0.25) is 5.91 Å². The number of likely N-dealkylation sites (N-methyl/N-ethyl adjacent to an activating group) is 1. The van der Waals surface area contributed by atoms with Gasteiger partial charge in [0.25, 0.3) is 0 Å². The molecule has 0 spiro atoms. The third-order valence-corrected chi connectivity index (χ3v) is 4.33. The molecular weight excluding hydrogens is 320 g/mol. The van der Waals surface area contributed by atoms with Crippen LogP contribution in [-0.4, -0.2) is 37.4 Å². The second-order valence-corrected chi connectivity index (χ2v) is 6.76. The number of nitrogens with one attached hydrogen (secondary N) is 2. The van der Waals surface area contributed by atoms with Gasteiger partial charge in [-0.25, -0.2) is 4.99 Å². The van der Waals surface area contributed by atoms with Crippen LogP contribution in [0.25, 0.3) is 0 Å². The summed E-state index contributed by atoms with van der Waals surface area (Å²) in [4.78, 5) is 19.1. The van der Waals surface area contributed by atoms with E-state index in [2.05, 4.69) is 52.9 Å². The lowest BCUT2D eigenvalue weighted by Crippen LogP contribution is -2.42. The molecule has 0 atom stereocenters. The van der Waals surface area contributed by atoms with Crippen molar-refractivity contribution in [2.75, 3.05) is 20.6 Å². The highest BCUT2D eigenvalue weighted by Crippen LogP contribution is 2.07. The Kier molecular flexibility index (Phi) is 6.81. The zero-order valence-electron chi connectivity index (χ0n) is 14.4. The summed E-state index contributed by atoms with van der Waals surface area (Å²) in [5, 5.41) is 8.42. The minimum absolute atomic E-state index is 0.0101. The molecule has 2 rings (SSSR count). The lowest BCUT2D eigenvalue weighted by atomic mass is 10.1. The molecule has 0 aliphatic carbocycles. The van der Waals surface area contributed by atoms with Gasteiger partial charge in [-0.05, 0) is 23.9 Å². The van der Waals surface area contributed by atoms with E-state index in [9.17, 15) is 4.79 Å². The maximum atomic E-state index is 11.8. The predicted molar refractivity (Wildman–Crippen MR) is 100 cm³/mol. The molecule has 24 heavy (non-hydrogen) atoms. The van der Waals surface area contributed by atoms with Crippen molar-refractivity contribution in [3.8, 4) is 0 Å². The molecule has 1 aromatic carbocycles. The normalized spacial score (nSPS) is 11.2. The number of nitrogens with zero attached hydrogens (tertiary/aromatic N) is 2. The average Bonchev–Trinajstić information content (AvgIpc) is 3.08. The topological polar surface area (TPSA) is 56.7 Å². The summed E-state index contributed by atoms with van der Waals surface area (Å²) in [6.07, 6.45) is 0. The summed E-state index contributed by atoms with van der Waals surface area (Å²) < 4.78 is 0. The highest BCUT2D eigenvalue weighted by atomic mass is 32.1. The Bertz CT molecular complexity index is 663. The van der Waals surface area contributed by atoms with Gasteiger partial charge in [0.05, 0.1) is 19.6 Å². The van der Waals surface area contributed by atoms with E-state index < -0.39 is 0 Å². The molecule has 1 aromatic heterocycles. The van der Waals surface area contributed by atoms with Crippen molar-refractivity contribution < 1.29 is 4.79 Å². The fraction of sp³-hybridized carbons (Fsp3) is 0.333.